The van der Waals surface area contributed by atoms with E-state index < -0.39 is 0 Å². The van der Waals surface area contributed by atoms with Crippen LogP contribution in [-0.4, -0.2) is 24.3 Å². The van der Waals surface area contributed by atoms with Crippen molar-refractivity contribution >= 4 is 5.97 Å². The maximum absolute atomic E-state index is 11.7. The van der Waals surface area contributed by atoms with Crippen molar-refractivity contribution in [2.45, 2.75) is 37.4 Å². The van der Waals surface area contributed by atoms with Crippen LogP contribution in [0.4, 0.5) is 0 Å². The summed E-state index contributed by atoms with van der Waals surface area (Å²) in [7, 11) is 0. The molecule has 0 N–H and O–H groups in total. The Hall–Kier alpha value is -1.09. The van der Waals surface area contributed by atoms with Gasteiger partial charge in [0.1, 0.15) is 6.10 Å². The molecule has 3 heteroatoms. The molecule has 0 aromatic rings. The van der Waals surface area contributed by atoms with E-state index in [-0.39, 0.29) is 23.6 Å². The maximum atomic E-state index is 11.7. The van der Waals surface area contributed by atoms with Crippen molar-refractivity contribution in [2.24, 2.45) is 17.8 Å². The van der Waals surface area contributed by atoms with Crippen molar-refractivity contribution in [3.63, 3.8) is 0 Å². The van der Waals surface area contributed by atoms with Crippen molar-refractivity contribution in [1.82, 2.24) is 0 Å². The van der Waals surface area contributed by atoms with Gasteiger partial charge in [-0.2, -0.15) is 0 Å². The van der Waals surface area contributed by atoms with Gasteiger partial charge in [0.05, 0.1) is 12.2 Å². The lowest BCUT2D eigenvalue weighted by molar-refractivity contribution is -0.141. The largest absolute Gasteiger partial charge is 0.458 e. The average Bonchev–Trinajstić information content (AvgIpc) is 2.99. The molecule has 2 saturated carbocycles. The van der Waals surface area contributed by atoms with Crippen LogP contribution < -0.4 is 0 Å². The molecule has 0 aromatic heterocycles. The Balaban J connectivity index is 1.76. The zero-order valence-electron chi connectivity index (χ0n) is 10.5. The van der Waals surface area contributed by atoms with Gasteiger partial charge < -0.3 is 9.47 Å². The number of hydrogen-bond acceptors (Lipinski definition) is 3. The van der Waals surface area contributed by atoms with E-state index in [1.54, 1.807) is 0 Å². The van der Waals surface area contributed by atoms with Gasteiger partial charge in [-0.3, -0.25) is 0 Å². The van der Waals surface area contributed by atoms with Gasteiger partial charge in [-0.15, -0.1) is 0 Å². The Morgan fingerprint density at radius 3 is 2.78 bits per heavy atom. The molecule has 0 bridgehead atoms. The van der Waals surface area contributed by atoms with E-state index in [1.807, 2.05) is 0 Å². The fraction of sp³-hybridized carbons (Fsp3) is 0.667. The molecule has 3 nitrogen and oxygen atoms in total. The first kappa shape index (κ1) is 10.8. The highest BCUT2D eigenvalue weighted by Gasteiger charge is 2.62. The Morgan fingerprint density at radius 2 is 2.06 bits per heavy atom. The van der Waals surface area contributed by atoms with Crippen molar-refractivity contribution in [3.05, 3.63) is 24.3 Å². The van der Waals surface area contributed by atoms with Crippen LogP contribution in [0.5, 0.6) is 0 Å². The zero-order valence-corrected chi connectivity index (χ0v) is 10.5. The van der Waals surface area contributed by atoms with Crippen molar-refractivity contribution in [3.8, 4) is 0 Å². The van der Waals surface area contributed by atoms with Gasteiger partial charge in [0.2, 0.25) is 0 Å². The molecule has 2 aliphatic heterocycles. The lowest BCUT2D eigenvalue weighted by Crippen LogP contribution is -2.33. The molecule has 1 unspecified atom stereocenters. The van der Waals surface area contributed by atoms with Gasteiger partial charge in [0.25, 0.3) is 0 Å². The minimum absolute atomic E-state index is 0.0198. The summed E-state index contributed by atoms with van der Waals surface area (Å²) in [5.41, 5.74) is 1.98. The molecule has 2 saturated heterocycles. The third kappa shape index (κ3) is 1.21. The molecule has 18 heavy (non-hydrogen) atoms. The van der Waals surface area contributed by atoms with E-state index in [2.05, 4.69) is 13.2 Å². The molecule has 4 aliphatic rings. The van der Waals surface area contributed by atoms with Crippen LogP contribution in [-0.2, 0) is 14.3 Å². The monoisotopic (exact) mass is 246 g/mol. The first-order chi connectivity index (χ1) is 8.62. The average molecular weight is 246 g/mol. The minimum atomic E-state index is -0.198. The second kappa shape index (κ2) is 3.27. The molecule has 4 rings (SSSR count). The van der Waals surface area contributed by atoms with Gasteiger partial charge >= 0.3 is 5.97 Å². The molecular weight excluding hydrogens is 228 g/mol. The number of carbonyl (C=O) groups excluding carboxylic acids is 1. The summed E-state index contributed by atoms with van der Waals surface area (Å²) in [4.78, 5) is 11.7. The number of fused-ring (bicyclic) bond motifs is 4. The van der Waals surface area contributed by atoms with Gasteiger partial charge in [-0.05, 0) is 25.7 Å². The summed E-state index contributed by atoms with van der Waals surface area (Å²) in [6.45, 7) is 9.01. The molecule has 0 aromatic carbocycles. The van der Waals surface area contributed by atoms with Crippen molar-refractivity contribution < 1.29 is 14.3 Å². The van der Waals surface area contributed by atoms with E-state index in [4.69, 9.17) is 9.47 Å². The predicted molar refractivity (Wildman–Crippen MR) is 65.8 cm³/mol. The zero-order chi connectivity index (χ0) is 12.5. The van der Waals surface area contributed by atoms with E-state index in [0.717, 1.165) is 32.3 Å². The fourth-order valence-electron chi connectivity index (χ4n) is 4.35. The number of ether oxygens (including phenoxy) is 2. The van der Waals surface area contributed by atoms with Crippen LogP contribution in [0.3, 0.4) is 0 Å². The lowest BCUT2D eigenvalue weighted by atomic mass is 9.79. The summed E-state index contributed by atoms with van der Waals surface area (Å²) >= 11 is 0. The normalized spacial score (nSPS) is 49.9. The van der Waals surface area contributed by atoms with Crippen LogP contribution in [0, 0.1) is 17.8 Å². The molecule has 5 atom stereocenters. The van der Waals surface area contributed by atoms with Crippen LogP contribution in [0.1, 0.15) is 25.7 Å². The number of carbonyl (C=O) groups is 1. The molecule has 2 heterocycles. The van der Waals surface area contributed by atoms with E-state index in [1.165, 1.54) is 5.57 Å². The van der Waals surface area contributed by atoms with Crippen LogP contribution in [0.2, 0.25) is 0 Å². The highest BCUT2D eigenvalue weighted by atomic mass is 16.6. The van der Waals surface area contributed by atoms with E-state index >= 15 is 0 Å². The summed E-state index contributed by atoms with van der Waals surface area (Å²) in [5, 5.41) is 0. The van der Waals surface area contributed by atoms with Crippen LogP contribution in [0.15, 0.2) is 24.3 Å². The Bertz CT molecular complexity index is 460. The summed E-state index contributed by atoms with van der Waals surface area (Å²) in [5.74, 6) is 0.779. The summed E-state index contributed by atoms with van der Waals surface area (Å²) in [6.07, 6.45) is 4.17. The van der Waals surface area contributed by atoms with Gasteiger partial charge in [0.15, 0.2) is 0 Å². The Labute approximate surface area is 107 Å². The Kier molecular flexibility index (Phi) is 1.96. The third-order valence-electron chi connectivity index (χ3n) is 5.45. The lowest BCUT2D eigenvalue weighted by Gasteiger charge is -2.27. The SMILES string of the molecule is C=C1CC[C@@H]2[C@H]1[C@H]1OC(=O)C(=C)[C@@H]1CCC21CO1. The highest BCUT2D eigenvalue weighted by molar-refractivity contribution is 5.90. The molecule has 2 aliphatic carbocycles. The number of epoxide rings is 1. The first-order valence-corrected chi connectivity index (χ1v) is 6.84. The molecule has 96 valence electrons. The first-order valence-electron chi connectivity index (χ1n) is 6.84. The van der Waals surface area contributed by atoms with E-state index in [9.17, 15) is 4.79 Å². The second-order valence-corrected chi connectivity index (χ2v) is 6.22. The van der Waals surface area contributed by atoms with Gasteiger partial charge in [-0.1, -0.05) is 18.7 Å². The summed E-state index contributed by atoms with van der Waals surface area (Å²) in [6, 6.07) is 0. The fourth-order valence-corrected chi connectivity index (χ4v) is 4.35. The van der Waals surface area contributed by atoms with Crippen LogP contribution in [0.25, 0.3) is 0 Å². The quantitative estimate of drug-likeness (QED) is 0.285. The summed E-state index contributed by atoms with van der Waals surface area (Å²) < 4.78 is 11.4. The molecule has 0 amide bonds. The van der Waals surface area contributed by atoms with Crippen molar-refractivity contribution in [2.75, 3.05) is 6.61 Å². The van der Waals surface area contributed by atoms with E-state index in [0.29, 0.717) is 17.4 Å². The standard InChI is InChI=1S/C15H18O3/c1-8-3-4-11-12(8)13-10(9(2)14(16)18-13)5-6-15(11)7-17-15/h10-13H,1-7H2/t10-,11+,12-,13-,15?/m0/s1. The molecule has 4 fully saturated rings. The molecule has 1 spiro atoms. The topological polar surface area (TPSA) is 38.8 Å². The minimum Gasteiger partial charge on any atom is -0.458 e. The van der Waals surface area contributed by atoms with Gasteiger partial charge in [0, 0.05) is 23.3 Å². The molecule has 0 radical (unpaired) electrons. The molecular formula is C15H18O3. The number of esters is 1. The third-order valence-corrected chi connectivity index (χ3v) is 5.45. The number of rotatable bonds is 0. The van der Waals surface area contributed by atoms with Crippen LogP contribution >= 0.6 is 0 Å². The number of hydrogen-bond donors (Lipinski definition) is 0. The maximum Gasteiger partial charge on any atom is 0.334 e. The highest BCUT2D eigenvalue weighted by Crippen LogP contribution is 2.58. The van der Waals surface area contributed by atoms with Gasteiger partial charge in [-0.25, -0.2) is 4.79 Å². The predicted octanol–water partition coefficient (Wildman–Crippen LogP) is 2.23. The van der Waals surface area contributed by atoms with Crippen molar-refractivity contribution in [1.29, 1.82) is 0 Å². The second-order valence-electron chi connectivity index (χ2n) is 6.22. The smallest absolute Gasteiger partial charge is 0.334 e. The Morgan fingerprint density at radius 1 is 1.28 bits per heavy atom.